The maximum absolute atomic E-state index is 13.0. The van der Waals surface area contributed by atoms with E-state index in [1.807, 2.05) is 91.9 Å². The monoisotopic (exact) mass is 384 g/mol. The van der Waals surface area contributed by atoms with E-state index in [1.54, 1.807) is 10.6 Å². The summed E-state index contributed by atoms with van der Waals surface area (Å²) in [5, 5.41) is 0. The van der Waals surface area contributed by atoms with E-state index >= 15 is 0 Å². The zero-order chi connectivity index (χ0) is 19.3. The van der Waals surface area contributed by atoms with E-state index in [0.717, 1.165) is 21.7 Å². The van der Waals surface area contributed by atoms with Crippen molar-refractivity contribution in [2.24, 2.45) is 4.99 Å². The van der Waals surface area contributed by atoms with E-state index < -0.39 is 0 Å². The van der Waals surface area contributed by atoms with Crippen LogP contribution in [0.15, 0.2) is 101 Å². The van der Waals surface area contributed by atoms with E-state index in [1.165, 1.54) is 16.9 Å². The average Bonchev–Trinajstić information content (AvgIpc) is 2.73. The van der Waals surface area contributed by atoms with Crippen LogP contribution in [0.5, 0.6) is 0 Å². The molecule has 3 nitrogen and oxygen atoms in total. The number of nitrogens with zero attached hydrogens (tertiary/aromatic N) is 2. The standard InChI is InChI=1S/C24H20N2OS/c1-18-12-14-21(15-13-18)25-24-26(17-19-8-4-2-5-9-19)23(27)16-22(28-24)20-10-6-3-7-11-20/h2-16H,17H2,1H3. The topological polar surface area (TPSA) is 34.4 Å². The number of aryl methyl sites for hydroxylation is 1. The number of benzene rings is 3. The van der Waals surface area contributed by atoms with E-state index in [4.69, 9.17) is 4.99 Å². The minimum Gasteiger partial charge on any atom is -0.280 e. The van der Waals surface area contributed by atoms with Crippen molar-refractivity contribution in [2.75, 3.05) is 0 Å². The van der Waals surface area contributed by atoms with Gasteiger partial charge in [0.25, 0.3) is 5.56 Å². The molecule has 0 aliphatic heterocycles. The fraction of sp³-hybridized carbons (Fsp3) is 0.0833. The van der Waals surface area contributed by atoms with Crippen LogP contribution in [0.1, 0.15) is 11.1 Å². The molecule has 0 spiro atoms. The molecule has 4 aromatic rings. The van der Waals surface area contributed by atoms with Gasteiger partial charge in [-0.15, -0.1) is 0 Å². The second-order valence-electron chi connectivity index (χ2n) is 6.62. The maximum Gasteiger partial charge on any atom is 0.254 e. The molecular weight excluding hydrogens is 364 g/mol. The maximum atomic E-state index is 13.0. The predicted molar refractivity (Wildman–Crippen MR) is 116 cm³/mol. The fourth-order valence-electron chi connectivity index (χ4n) is 2.94. The molecule has 3 aromatic carbocycles. The normalized spacial score (nSPS) is 11.5. The Balaban J connectivity index is 1.89. The molecule has 0 saturated heterocycles. The van der Waals surface area contributed by atoms with E-state index in [-0.39, 0.29) is 5.56 Å². The Morgan fingerprint density at radius 1 is 0.857 bits per heavy atom. The van der Waals surface area contributed by atoms with Crippen LogP contribution in [-0.2, 0) is 6.54 Å². The van der Waals surface area contributed by atoms with Crippen LogP contribution < -0.4 is 10.4 Å². The van der Waals surface area contributed by atoms with Crippen LogP contribution >= 0.6 is 11.3 Å². The second kappa shape index (κ2) is 8.19. The fourth-order valence-corrected chi connectivity index (χ4v) is 3.96. The molecule has 4 rings (SSSR count). The van der Waals surface area contributed by atoms with Crippen molar-refractivity contribution in [2.45, 2.75) is 13.5 Å². The zero-order valence-corrected chi connectivity index (χ0v) is 16.4. The first-order valence-electron chi connectivity index (χ1n) is 9.15. The molecule has 1 aromatic heterocycles. The van der Waals surface area contributed by atoms with Crippen molar-refractivity contribution < 1.29 is 0 Å². The van der Waals surface area contributed by atoms with E-state index in [9.17, 15) is 4.79 Å². The summed E-state index contributed by atoms with van der Waals surface area (Å²) in [4.78, 5) is 19.4. The molecule has 0 aliphatic carbocycles. The Morgan fingerprint density at radius 2 is 1.50 bits per heavy atom. The van der Waals surface area contributed by atoms with E-state index in [2.05, 4.69) is 0 Å². The van der Waals surface area contributed by atoms with Crippen molar-refractivity contribution in [3.05, 3.63) is 117 Å². The molecule has 0 radical (unpaired) electrons. The molecule has 28 heavy (non-hydrogen) atoms. The van der Waals surface area contributed by atoms with Gasteiger partial charge in [0.2, 0.25) is 0 Å². The summed E-state index contributed by atoms with van der Waals surface area (Å²) in [6.45, 7) is 2.55. The smallest absolute Gasteiger partial charge is 0.254 e. The Bertz CT molecular complexity index is 1190. The van der Waals surface area contributed by atoms with Gasteiger partial charge < -0.3 is 0 Å². The summed E-state index contributed by atoms with van der Waals surface area (Å²) in [5.74, 6) is 0. The van der Waals surface area contributed by atoms with Gasteiger partial charge in [-0.2, -0.15) is 0 Å². The largest absolute Gasteiger partial charge is 0.280 e. The molecule has 0 unspecified atom stereocenters. The van der Waals surface area contributed by atoms with Gasteiger partial charge >= 0.3 is 0 Å². The number of hydrogen-bond donors (Lipinski definition) is 0. The van der Waals surface area contributed by atoms with Gasteiger partial charge in [0, 0.05) is 10.9 Å². The first-order chi connectivity index (χ1) is 13.7. The highest BCUT2D eigenvalue weighted by molar-refractivity contribution is 7.12. The zero-order valence-electron chi connectivity index (χ0n) is 15.6. The van der Waals surface area contributed by atoms with Crippen LogP contribution in [0.3, 0.4) is 0 Å². The van der Waals surface area contributed by atoms with Crippen LogP contribution in [0.2, 0.25) is 0 Å². The van der Waals surface area contributed by atoms with Crippen molar-refractivity contribution >= 4 is 17.0 Å². The molecule has 0 N–H and O–H groups in total. The quantitative estimate of drug-likeness (QED) is 0.478. The first-order valence-corrected chi connectivity index (χ1v) is 9.96. The molecule has 1 heterocycles. The summed E-state index contributed by atoms with van der Waals surface area (Å²) in [5.41, 5.74) is 4.07. The minimum atomic E-state index is -0.0488. The molecule has 4 heteroatoms. The third-order valence-electron chi connectivity index (χ3n) is 4.45. The summed E-state index contributed by atoms with van der Waals surface area (Å²) in [6, 6.07) is 29.7. The van der Waals surface area contributed by atoms with Gasteiger partial charge in [-0.3, -0.25) is 9.36 Å². The Morgan fingerprint density at radius 3 is 2.18 bits per heavy atom. The second-order valence-corrected chi connectivity index (χ2v) is 7.63. The van der Waals surface area contributed by atoms with Crippen molar-refractivity contribution in [1.29, 1.82) is 0 Å². The summed E-state index contributed by atoms with van der Waals surface area (Å²) < 4.78 is 1.74. The van der Waals surface area contributed by atoms with E-state index in [0.29, 0.717) is 11.3 Å². The molecule has 138 valence electrons. The third kappa shape index (κ3) is 4.18. The summed E-state index contributed by atoms with van der Waals surface area (Å²) in [6.07, 6.45) is 0. The molecule has 0 bridgehead atoms. The average molecular weight is 385 g/mol. The molecule has 0 saturated carbocycles. The number of aromatic nitrogens is 1. The van der Waals surface area contributed by atoms with Crippen LogP contribution in [0, 0.1) is 6.92 Å². The highest BCUT2D eigenvalue weighted by Crippen LogP contribution is 2.20. The lowest BCUT2D eigenvalue weighted by Crippen LogP contribution is -2.31. The molecule has 0 fully saturated rings. The number of rotatable bonds is 4. The van der Waals surface area contributed by atoms with Gasteiger partial charge in [0.05, 0.1) is 12.2 Å². The highest BCUT2D eigenvalue weighted by atomic mass is 32.1. The van der Waals surface area contributed by atoms with Crippen molar-refractivity contribution in [3.8, 4) is 10.4 Å². The lowest BCUT2D eigenvalue weighted by Gasteiger charge is -2.09. The van der Waals surface area contributed by atoms with Crippen LogP contribution in [0.25, 0.3) is 10.4 Å². The Hall–Kier alpha value is -3.24. The first kappa shape index (κ1) is 18.1. The van der Waals surface area contributed by atoms with Gasteiger partial charge in [-0.1, -0.05) is 89.7 Å². The molecule has 0 amide bonds. The van der Waals surface area contributed by atoms with Crippen molar-refractivity contribution in [3.63, 3.8) is 0 Å². The predicted octanol–water partition coefficient (Wildman–Crippen LogP) is 5.17. The Labute approximate surface area is 167 Å². The van der Waals surface area contributed by atoms with Crippen molar-refractivity contribution in [1.82, 2.24) is 4.57 Å². The summed E-state index contributed by atoms with van der Waals surface area (Å²) in [7, 11) is 0. The lowest BCUT2D eigenvalue weighted by molar-refractivity contribution is 0.733. The molecule has 0 atom stereocenters. The highest BCUT2D eigenvalue weighted by Gasteiger charge is 2.07. The minimum absolute atomic E-state index is 0.0488. The van der Waals surface area contributed by atoms with Gasteiger partial charge in [-0.05, 0) is 30.2 Å². The molecule has 0 aliphatic rings. The van der Waals surface area contributed by atoms with Gasteiger partial charge in [-0.25, -0.2) is 4.99 Å². The van der Waals surface area contributed by atoms with Crippen LogP contribution in [0.4, 0.5) is 5.69 Å². The molecular formula is C24H20N2OS. The summed E-state index contributed by atoms with van der Waals surface area (Å²) >= 11 is 1.53. The number of hydrogen-bond acceptors (Lipinski definition) is 3. The SMILES string of the molecule is Cc1ccc(N=c2sc(-c3ccccc3)cc(=O)n2Cc2ccccc2)cc1. The lowest BCUT2D eigenvalue weighted by atomic mass is 10.2. The van der Waals surface area contributed by atoms with Crippen LogP contribution in [-0.4, -0.2) is 4.57 Å². The third-order valence-corrected chi connectivity index (χ3v) is 5.52. The van der Waals surface area contributed by atoms with Gasteiger partial charge in [0.15, 0.2) is 4.80 Å². The van der Waals surface area contributed by atoms with Gasteiger partial charge in [0.1, 0.15) is 0 Å². The Kier molecular flexibility index (Phi) is 5.31.